The van der Waals surface area contributed by atoms with Gasteiger partial charge in [-0.15, -0.1) is 5.10 Å². The number of hydrogen-bond donors (Lipinski definition) is 1. The number of anilines is 2. The molecule has 0 spiro atoms. The van der Waals surface area contributed by atoms with Gasteiger partial charge >= 0.3 is 6.09 Å². The Hall–Kier alpha value is -4.02. The minimum atomic E-state index is -0.448. The molecule has 176 valence electrons. The molecule has 0 unspecified atom stereocenters. The second kappa shape index (κ2) is 9.08. The van der Waals surface area contributed by atoms with Crippen molar-refractivity contribution in [3.05, 3.63) is 60.6 Å². The highest BCUT2D eigenvalue weighted by molar-refractivity contribution is 5.74. The van der Waals surface area contributed by atoms with Crippen LogP contribution in [0.4, 0.5) is 20.6 Å². The van der Waals surface area contributed by atoms with Crippen LogP contribution >= 0.6 is 0 Å². The molecule has 0 aliphatic carbocycles. The van der Waals surface area contributed by atoms with Crippen molar-refractivity contribution < 1.29 is 13.9 Å². The van der Waals surface area contributed by atoms with Crippen LogP contribution in [0.2, 0.25) is 0 Å². The first-order valence-electron chi connectivity index (χ1n) is 11.2. The Kier molecular flexibility index (Phi) is 5.83. The number of piperidine rings is 1. The summed E-state index contributed by atoms with van der Waals surface area (Å²) in [6.45, 7) is 5.00. The monoisotopic (exact) mass is 464 g/mol. The first-order valence-corrected chi connectivity index (χ1v) is 11.2. The number of amides is 1. The van der Waals surface area contributed by atoms with Gasteiger partial charge in [0.25, 0.3) is 0 Å². The lowest BCUT2D eigenvalue weighted by Gasteiger charge is -2.31. The number of fused-ring (bicyclic) bond motifs is 1. The number of nitrogens with one attached hydrogen (secondary N) is 1. The third kappa shape index (κ3) is 4.28. The smallest absolute Gasteiger partial charge is 0.410 e. The Morgan fingerprint density at radius 1 is 1.24 bits per heavy atom. The van der Waals surface area contributed by atoms with Gasteiger partial charge in [-0.1, -0.05) is 0 Å². The maximum atomic E-state index is 14.6. The average Bonchev–Trinajstić information content (AvgIpc) is 3.50. The van der Waals surface area contributed by atoms with Crippen LogP contribution < -0.4 is 5.32 Å². The lowest BCUT2D eigenvalue weighted by atomic mass is 9.94. The number of carbonyl (C=O) groups excluding carboxylic acids is 1. The maximum absolute atomic E-state index is 14.6. The summed E-state index contributed by atoms with van der Waals surface area (Å²) in [6.07, 6.45) is 6.50. The zero-order chi connectivity index (χ0) is 23.7. The van der Waals surface area contributed by atoms with Crippen molar-refractivity contribution >= 4 is 23.1 Å². The summed E-state index contributed by atoms with van der Waals surface area (Å²) in [6, 6.07) is 8.62. The number of ether oxygens (including phenoxy) is 1. The molecule has 1 N–H and O–H groups in total. The summed E-state index contributed by atoms with van der Waals surface area (Å²) < 4.78 is 23.3. The lowest BCUT2D eigenvalue weighted by molar-refractivity contribution is 0.0690. The molecule has 1 fully saturated rings. The van der Waals surface area contributed by atoms with Gasteiger partial charge in [0.05, 0.1) is 11.8 Å². The molecule has 1 aliphatic heterocycles. The number of carbonyl (C=O) groups is 1. The molecule has 0 bridgehead atoms. The molecule has 5 rings (SSSR count). The topological polar surface area (TPSA) is 102 Å². The SMILES string of the molecule is CC(C)OC(=O)N1CCC(c2cnc3c(Nc4ccc(-n5cnnn5)c(F)c4)cccn23)CC1. The summed E-state index contributed by atoms with van der Waals surface area (Å²) in [5.74, 6) is -0.169. The van der Waals surface area contributed by atoms with E-state index in [1.54, 1.807) is 17.0 Å². The molecule has 34 heavy (non-hydrogen) atoms. The van der Waals surface area contributed by atoms with E-state index in [-0.39, 0.29) is 23.8 Å². The van der Waals surface area contributed by atoms with E-state index >= 15 is 0 Å². The van der Waals surface area contributed by atoms with Crippen LogP contribution in [0, 0.1) is 5.82 Å². The van der Waals surface area contributed by atoms with Crippen molar-refractivity contribution in [1.82, 2.24) is 34.5 Å². The molecule has 0 atom stereocenters. The number of benzene rings is 1. The van der Waals surface area contributed by atoms with E-state index in [2.05, 4.69) is 30.2 Å². The summed E-state index contributed by atoms with van der Waals surface area (Å²) in [5.41, 5.74) is 3.46. The van der Waals surface area contributed by atoms with Crippen molar-refractivity contribution in [3.63, 3.8) is 0 Å². The number of likely N-dealkylation sites (tertiary alicyclic amines) is 1. The minimum Gasteiger partial charge on any atom is -0.447 e. The number of tetrazole rings is 1. The van der Waals surface area contributed by atoms with Crippen LogP contribution in [0.25, 0.3) is 11.3 Å². The van der Waals surface area contributed by atoms with E-state index in [4.69, 9.17) is 4.74 Å². The molecule has 1 aromatic carbocycles. The molecule has 1 saturated heterocycles. The molecule has 1 amide bonds. The molecule has 4 heterocycles. The third-order valence-electron chi connectivity index (χ3n) is 5.89. The highest BCUT2D eigenvalue weighted by atomic mass is 19.1. The quantitative estimate of drug-likeness (QED) is 0.478. The molecule has 4 aromatic rings. The Morgan fingerprint density at radius 2 is 2.06 bits per heavy atom. The zero-order valence-corrected chi connectivity index (χ0v) is 18.9. The van der Waals surface area contributed by atoms with E-state index in [0.29, 0.717) is 18.8 Å². The normalized spacial score (nSPS) is 14.6. The number of pyridine rings is 1. The Bertz CT molecular complexity index is 1300. The molecule has 11 heteroatoms. The fraction of sp³-hybridized carbons (Fsp3) is 0.348. The van der Waals surface area contributed by atoms with E-state index in [1.807, 2.05) is 38.4 Å². The van der Waals surface area contributed by atoms with Crippen molar-refractivity contribution in [2.75, 3.05) is 18.4 Å². The Balaban J connectivity index is 1.32. The van der Waals surface area contributed by atoms with E-state index < -0.39 is 5.82 Å². The molecule has 0 saturated carbocycles. The number of imidazole rings is 1. The van der Waals surface area contributed by atoms with Gasteiger partial charge in [-0.05, 0) is 67.4 Å². The fourth-order valence-electron chi connectivity index (χ4n) is 4.26. The maximum Gasteiger partial charge on any atom is 0.410 e. The first kappa shape index (κ1) is 21.8. The van der Waals surface area contributed by atoms with Crippen LogP contribution in [0.3, 0.4) is 0 Å². The highest BCUT2D eigenvalue weighted by Gasteiger charge is 2.27. The van der Waals surface area contributed by atoms with Gasteiger partial charge in [0.15, 0.2) is 11.5 Å². The van der Waals surface area contributed by atoms with Crippen LogP contribution in [-0.4, -0.2) is 59.8 Å². The molecule has 1 aliphatic rings. The van der Waals surface area contributed by atoms with Crippen LogP contribution in [0.1, 0.15) is 38.3 Å². The van der Waals surface area contributed by atoms with Crippen molar-refractivity contribution in [2.45, 2.75) is 38.7 Å². The summed E-state index contributed by atoms with van der Waals surface area (Å²) in [4.78, 5) is 18.6. The highest BCUT2D eigenvalue weighted by Crippen LogP contribution is 2.31. The van der Waals surface area contributed by atoms with Gasteiger partial charge in [-0.25, -0.2) is 14.2 Å². The first-order chi connectivity index (χ1) is 16.5. The molecule has 3 aromatic heterocycles. The minimum absolute atomic E-state index is 0.126. The average molecular weight is 465 g/mol. The van der Waals surface area contributed by atoms with Crippen molar-refractivity contribution in [2.24, 2.45) is 0 Å². The number of nitrogens with zero attached hydrogens (tertiary/aromatic N) is 7. The van der Waals surface area contributed by atoms with E-state index in [1.165, 1.54) is 17.1 Å². The molecular formula is C23H25FN8O2. The van der Waals surface area contributed by atoms with Crippen LogP contribution in [-0.2, 0) is 4.74 Å². The molecule has 10 nitrogen and oxygen atoms in total. The summed E-state index contributed by atoms with van der Waals surface area (Å²) >= 11 is 0. The van der Waals surface area contributed by atoms with Gasteiger partial charge in [0.1, 0.15) is 12.0 Å². The number of aromatic nitrogens is 6. The molecule has 0 radical (unpaired) electrons. The van der Waals surface area contributed by atoms with Crippen LogP contribution in [0.5, 0.6) is 0 Å². The van der Waals surface area contributed by atoms with Gasteiger partial charge in [-0.3, -0.25) is 0 Å². The Labute approximate surface area is 195 Å². The zero-order valence-electron chi connectivity index (χ0n) is 18.9. The van der Waals surface area contributed by atoms with Gasteiger partial charge in [-0.2, -0.15) is 4.68 Å². The van der Waals surface area contributed by atoms with E-state index in [0.717, 1.165) is 29.9 Å². The standard InChI is InChI=1S/C23H25FN8O2/c1-15(2)34-23(33)30-10-7-16(8-11-30)21-13-25-22-19(4-3-9-31(21)22)27-17-5-6-20(18(24)12-17)32-14-26-28-29-32/h3-6,9,12-16,27H,7-8,10-11H2,1-2H3. The van der Waals surface area contributed by atoms with Gasteiger partial charge < -0.3 is 19.4 Å². The predicted octanol–water partition coefficient (Wildman–Crippen LogP) is 3.92. The second-order valence-electron chi connectivity index (χ2n) is 8.54. The molecular weight excluding hydrogens is 439 g/mol. The fourth-order valence-corrected chi connectivity index (χ4v) is 4.26. The van der Waals surface area contributed by atoms with Gasteiger partial charge in [0.2, 0.25) is 0 Å². The number of hydrogen-bond acceptors (Lipinski definition) is 7. The van der Waals surface area contributed by atoms with E-state index in [9.17, 15) is 9.18 Å². The van der Waals surface area contributed by atoms with Crippen molar-refractivity contribution in [3.8, 4) is 5.69 Å². The third-order valence-corrected chi connectivity index (χ3v) is 5.89. The van der Waals surface area contributed by atoms with Gasteiger partial charge in [0, 0.05) is 42.8 Å². The summed E-state index contributed by atoms with van der Waals surface area (Å²) in [7, 11) is 0. The largest absolute Gasteiger partial charge is 0.447 e. The lowest BCUT2D eigenvalue weighted by Crippen LogP contribution is -2.39. The van der Waals surface area contributed by atoms with Crippen LogP contribution in [0.15, 0.2) is 49.1 Å². The number of halogens is 1. The second-order valence-corrected chi connectivity index (χ2v) is 8.54. The number of rotatable bonds is 5. The van der Waals surface area contributed by atoms with Crippen molar-refractivity contribution in [1.29, 1.82) is 0 Å². The Morgan fingerprint density at radius 3 is 2.76 bits per heavy atom. The predicted molar refractivity (Wildman–Crippen MR) is 123 cm³/mol. The summed E-state index contributed by atoms with van der Waals surface area (Å²) in [5, 5.41) is 14.1.